The van der Waals surface area contributed by atoms with Gasteiger partial charge in [-0.3, -0.25) is 4.79 Å². The molecular formula is C17H21F3N2O2. The summed E-state index contributed by atoms with van der Waals surface area (Å²) in [5.41, 5.74) is -1.53. The number of carbonyl (C=O) groups is 1. The second-order valence-corrected chi connectivity index (χ2v) is 5.94. The molecule has 1 aromatic rings. The highest BCUT2D eigenvalue weighted by Crippen LogP contribution is 2.50. The maximum absolute atomic E-state index is 13.7. The van der Waals surface area contributed by atoms with Crippen molar-refractivity contribution in [3.63, 3.8) is 0 Å². The van der Waals surface area contributed by atoms with Gasteiger partial charge in [-0.2, -0.15) is 13.2 Å². The van der Waals surface area contributed by atoms with Gasteiger partial charge in [0.15, 0.2) is 11.9 Å². The molecule has 1 aromatic carbocycles. The minimum absolute atomic E-state index is 0.0258. The van der Waals surface area contributed by atoms with E-state index >= 15 is 0 Å². The predicted octanol–water partition coefficient (Wildman–Crippen LogP) is 3.99. The second kappa shape index (κ2) is 6.93. The van der Waals surface area contributed by atoms with Gasteiger partial charge in [0.25, 0.3) is 0 Å². The number of alkyl halides is 3. The lowest BCUT2D eigenvalue weighted by atomic mass is 9.85. The van der Waals surface area contributed by atoms with Crippen LogP contribution in [0.2, 0.25) is 0 Å². The number of hydrogen-bond acceptors (Lipinski definition) is 3. The van der Waals surface area contributed by atoms with Gasteiger partial charge in [-0.1, -0.05) is 0 Å². The molecule has 0 spiro atoms. The van der Waals surface area contributed by atoms with Gasteiger partial charge in [-0.05, 0) is 44.4 Å². The van der Waals surface area contributed by atoms with Gasteiger partial charge in [0, 0.05) is 31.3 Å². The Morgan fingerprint density at radius 1 is 1.42 bits per heavy atom. The minimum atomic E-state index is -4.58. The van der Waals surface area contributed by atoms with Gasteiger partial charge in [-0.25, -0.2) is 4.99 Å². The summed E-state index contributed by atoms with van der Waals surface area (Å²) in [6.45, 7) is 4.39. The Balaban J connectivity index is 2.54. The van der Waals surface area contributed by atoms with Crippen molar-refractivity contribution in [1.82, 2.24) is 4.90 Å². The van der Waals surface area contributed by atoms with E-state index in [4.69, 9.17) is 4.74 Å². The zero-order valence-electron chi connectivity index (χ0n) is 14.0. The highest BCUT2D eigenvalue weighted by atomic mass is 19.4. The number of benzene rings is 1. The average Bonchev–Trinajstić information content (AvgIpc) is 3.03. The molecule has 1 unspecified atom stereocenters. The lowest BCUT2D eigenvalue weighted by Gasteiger charge is -2.32. The van der Waals surface area contributed by atoms with E-state index in [2.05, 4.69) is 4.99 Å². The fourth-order valence-electron chi connectivity index (χ4n) is 2.77. The summed E-state index contributed by atoms with van der Waals surface area (Å²) < 4.78 is 46.1. The van der Waals surface area contributed by atoms with E-state index in [9.17, 15) is 18.0 Å². The molecular weight excluding hydrogens is 321 g/mol. The van der Waals surface area contributed by atoms with Crippen LogP contribution in [0.3, 0.4) is 0 Å². The van der Waals surface area contributed by atoms with Gasteiger partial charge >= 0.3 is 6.18 Å². The highest BCUT2D eigenvalue weighted by molar-refractivity contribution is 5.81. The number of ether oxygens (including phenoxy) is 1. The van der Waals surface area contributed by atoms with Crippen LogP contribution in [0.15, 0.2) is 17.1 Å². The summed E-state index contributed by atoms with van der Waals surface area (Å²) >= 11 is 0. The molecule has 0 aliphatic carbocycles. The third kappa shape index (κ3) is 3.31. The van der Waals surface area contributed by atoms with Crippen molar-refractivity contribution in [2.45, 2.75) is 38.5 Å². The fourth-order valence-corrected chi connectivity index (χ4v) is 2.77. The average molecular weight is 342 g/mol. The van der Waals surface area contributed by atoms with Crippen molar-refractivity contribution >= 4 is 18.3 Å². The maximum Gasteiger partial charge on any atom is 0.421 e. The number of aldehydes is 1. The van der Waals surface area contributed by atoms with Gasteiger partial charge in [-0.15, -0.1) is 0 Å². The number of halogens is 3. The molecule has 1 aliphatic rings. The van der Waals surface area contributed by atoms with Crippen molar-refractivity contribution < 1.29 is 22.7 Å². The predicted molar refractivity (Wildman–Crippen MR) is 85.9 cm³/mol. The van der Waals surface area contributed by atoms with Crippen molar-refractivity contribution in [3.05, 3.63) is 28.8 Å². The molecule has 0 aromatic heterocycles. The molecule has 0 amide bonds. The lowest BCUT2D eigenvalue weighted by Crippen LogP contribution is -2.42. The van der Waals surface area contributed by atoms with Crippen LogP contribution < -0.4 is 0 Å². The molecule has 1 heterocycles. The van der Waals surface area contributed by atoms with E-state index in [1.54, 1.807) is 13.3 Å². The van der Waals surface area contributed by atoms with Gasteiger partial charge in [0.1, 0.15) is 0 Å². The second-order valence-electron chi connectivity index (χ2n) is 5.94. The van der Waals surface area contributed by atoms with Crippen LogP contribution in [0.5, 0.6) is 0 Å². The fraction of sp³-hybridized carbons (Fsp3) is 0.529. The number of carbonyl (C=O) groups excluding carboxylic acids is 1. The number of nitrogens with zero attached hydrogens (tertiary/aromatic N) is 2. The summed E-state index contributed by atoms with van der Waals surface area (Å²) in [6, 6.07) is 2.77. The van der Waals surface area contributed by atoms with Crippen molar-refractivity contribution in [2.75, 3.05) is 20.2 Å². The first-order valence-electron chi connectivity index (χ1n) is 7.80. The molecule has 1 fully saturated rings. The zero-order valence-corrected chi connectivity index (χ0v) is 14.0. The quantitative estimate of drug-likeness (QED) is 0.462. The first kappa shape index (κ1) is 18.4. The highest BCUT2D eigenvalue weighted by Gasteiger charge is 2.59. The van der Waals surface area contributed by atoms with Gasteiger partial charge < -0.3 is 9.64 Å². The summed E-state index contributed by atoms with van der Waals surface area (Å²) in [7, 11) is 1.83. The van der Waals surface area contributed by atoms with Crippen LogP contribution in [0.1, 0.15) is 41.3 Å². The van der Waals surface area contributed by atoms with Crippen molar-refractivity contribution in [1.29, 1.82) is 0 Å². The molecule has 1 aliphatic heterocycles. The SMILES string of the molecule is CCN(C)/C=N/c1cc(C=O)c(C2(C(F)(F)F)CCCO2)cc1C. The number of rotatable bonds is 5. The minimum Gasteiger partial charge on any atom is -0.366 e. The molecule has 0 N–H and O–H groups in total. The van der Waals surface area contributed by atoms with E-state index in [1.165, 1.54) is 12.1 Å². The molecule has 7 heteroatoms. The molecule has 2 rings (SSSR count). The first-order valence-corrected chi connectivity index (χ1v) is 7.80. The Labute approximate surface area is 139 Å². The zero-order chi connectivity index (χ0) is 18.0. The van der Waals surface area contributed by atoms with Crippen LogP contribution in [0.4, 0.5) is 18.9 Å². The summed E-state index contributed by atoms with van der Waals surface area (Å²) in [5, 5.41) is 0. The lowest BCUT2D eigenvalue weighted by molar-refractivity contribution is -0.269. The Morgan fingerprint density at radius 3 is 2.62 bits per heavy atom. The summed E-state index contributed by atoms with van der Waals surface area (Å²) in [4.78, 5) is 17.5. The molecule has 0 bridgehead atoms. The molecule has 1 saturated heterocycles. The number of aryl methyl sites for hydroxylation is 1. The van der Waals surface area contributed by atoms with E-state index in [1.807, 2.05) is 18.9 Å². The van der Waals surface area contributed by atoms with Crippen LogP contribution in [-0.2, 0) is 10.3 Å². The standard InChI is InChI=1S/C17H21F3N2O2/c1-4-22(3)11-21-15-9-13(10-23)14(8-12(15)2)16(17(18,19)20)6-5-7-24-16/h8-11H,4-7H2,1-3H3/b21-11+. The normalized spacial score (nSPS) is 21.4. The Kier molecular flexibility index (Phi) is 5.32. The molecule has 132 valence electrons. The Bertz CT molecular complexity index is 635. The van der Waals surface area contributed by atoms with Crippen LogP contribution in [0.25, 0.3) is 0 Å². The molecule has 0 radical (unpaired) electrons. The summed E-state index contributed by atoms with van der Waals surface area (Å²) in [6.07, 6.45) is -2.44. The summed E-state index contributed by atoms with van der Waals surface area (Å²) in [5.74, 6) is 0. The van der Waals surface area contributed by atoms with Crippen LogP contribution in [0, 0.1) is 6.92 Å². The van der Waals surface area contributed by atoms with E-state index in [-0.39, 0.29) is 24.2 Å². The van der Waals surface area contributed by atoms with Crippen molar-refractivity contribution in [3.8, 4) is 0 Å². The molecule has 1 atom stereocenters. The van der Waals surface area contributed by atoms with Crippen molar-refractivity contribution in [2.24, 2.45) is 4.99 Å². The van der Waals surface area contributed by atoms with E-state index in [0.29, 0.717) is 24.0 Å². The van der Waals surface area contributed by atoms with Crippen LogP contribution in [-0.4, -0.2) is 43.9 Å². The Hall–Kier alpha value is -1.89. The van der Waals surface area contributed by atoms with Gasteiger partial charge in [0.05, 0.1) is 12.0 Å². The topological polar surface area (TPSA) is 41.9 Å². The monoisotopic (exact) mass is 342 g/mol. The smallest absolute Gasteiger partial charge is 0.366 e. The molecule has 0 saturated carbocycles. The van der Waals surface area contributed by atoms with E-state index in [0.717, 1.165) is 6.54 Å². The number of aliphatic imine (C=N–C) groups is 1. The maximum atomic E-state index is 13.7. The van der Waals surface area contributed by atoms with Gasteiger partial charge in [0.2, 0.25) is 0 Å². The largest absolute Gasteiger partial charge is 0.421 e. The molecule has 24 heavy (non-hydrogen) atoms. The van der Waals surface area contributed by atoms with E-state index < -0.39 is 11.8 Å². The Morgan fingerprint density at radius 2 is 2.12 bits per heavy atom. The van der Waals surface area contributed by atoms with Crippen LogP contribution >= 0.6 is 0 Å². The first-order chi connectivity index (χ1) is 11.2. The number of hydrogen-bond donors (Lipinski definition) is 0. The molecule has 4 nitrogen and oxygen atoms in total. The third-order valence-electron chi connectivity index (χ3n) is 4.30. The third-order valence-corrected chi connectivity index (χ3v) is 4.30.